The van der Waals surface area contributed by atoms with Crippen LogP contribution in [0.4, 0.5) is 8.78 Å². The largest absolute Gasteiger partial charge is 0.488 e. The van der Waals surface area contributed by atoms with Crippen molar-refractivity contribution in [3.05, 3.63) is 28.8 Å². The van der Waals surface area contributed by atoms with E-state index in [0.717, 1.165) is 0 Å². The molecule has 0 heterocycles. The number of nitrogens with one attached hydrogen (secondary N) is 1. The van der Waals surface area contributed by atoms with Crippen molar-refractivity contribution in [1.29, 1.82) is 5.41 Å². The molecule has 0 aromatic heterocycles. The zero-order chi connectivity index (χ0) is 11.4. The van der Waals surface area contributed by atoms with Crippen LogP contribution in [0.2, 0.25) is 5.02 Å². The van der Waals surface area contributed by atoms with E-state index in [2.05, 4.69) is 0 Å². The van der Waals surface area contributed by atoms with E-state index < -0.39 is 13.0 Å². The van der Waals surface area contributed by atoms with Crippen molar-refractivity contribution < 1.29 is 13.5 Å². The van der Waals surface area contributed by atoms with Gasteiger partial charge in [-0.3, -0.25) is 5.41 Å². The molecule has 0 aliphatic rings. The molecule has 0 unspecified atom stereocenters. The molecule has 6 heteroatoms. The molecule has 1 aromatic rings. The lowest BCUT2D eigenvalue weighted by Gasteiger charge is -2.07. The molecule has 0 bridgehead atoms. The summed E-state index contributed by atoms with van der Waals surface area (Å²) in [7, 11) is 0. The first-order valence-corrected chi connectivity index (χ1v) is 4.43. The van der Waals surface area contributed by atoms with Crippen LogP contribution in [0.25, 0.3) is 0 Å². The summed E-state index contributed by atoms with van der Waals surface area (Å²) in [6.45, 7) is -0.685. The number of nitrogens with two attached hydrogens (primary N) is 1. The summed E-state index contributed by atoms with van der Waals surface area (Å²) in [6, 6.07) is 4.23. The zero-order valence-electron chi connectivity index (χ0n) is 7.64. The first kappa shape index (κ1) is 11.7. The quantitative estimate of drug-likeness (QED) is 0.620. The second-order valence-corrected chi connectivity index (χ2v) is 3.16. The van der Waals surface area contributed by atoms with Crippen LogP contribution in [-0.4, -0.2) is 18.9 Å². The van der Waals surface area contributed by atoms with Crippen LogP contribution in [0.3, 0.4) is 0 Å². The average Bonchev–Trinajstić information content (AvgIpc) is 2.14. The zero-order valence-corrected chi connectivity index (χ0v) is 8.39. The lowest BCUT2D eigenvalue weighted by atomic mass is 10.2. The Morgan fingerprint density at radius 2 is 2.20 bits per heavy atom. The minimum absolute atomic E-state index is 0.180. The van der Waals surface area contributed by atoms with Gasteiger partial charge in [-0.25, -0.2) is 8.78 Å². The average molecular weight is 235 g/mol. The van der Waals surface area contributed by atoms with Gasteiger partial charge in [0.05, 0.1) is 5.02 Å². The van der Waals surface area contributed by atoms with Gasteiger partial charge >= 0.3 is 0 Å². The first-order valence-electron chi connectivity index (χ1n) is 4.05. The molecule has 0 saturated carbocycles. The first-order chi connectivity index (χ1) is 7.00. The lowest BCUT2D eigenvalue weighted by molar-refractivity contribution is 0.0819. The molecule has 3 nitrogen and oxygen atoms in total. The Morgan fingerprint density at radius 1 is 1.53 bits per heavy atom. The molecule has 0 aliphatic carbocycles. The van der Waals surface area contributed by atoms with E-state index in [4.69, 9.17) is 27.5 Å². The van der Waals surface area contributed by atoms with E-state index in [1.807, 2.05) is 0 Å². The highest BCUT2D eigenvalue weighted by molar-refractivity contribution is 6.34. The highest BCUT2D eigenvalue weighted by Gasteiger charge is 2.07. The van der Waals surface area contributed by atoms with Gasteiger partial charge in [0.2, 0.25) is 0 Å². The number of amidine groups is 1. The van der Waals surface area contributed by atoms with Crippen molar-refractivity contribution in [1.82, 2.24) is 0 Å². The van der Waals surface area contributed by atoms with Crippen molar-refractivity contribution in [3.8, 4) is 5.75 Å². The van der Waals surface area contributed by atoms with Gasteiger partial charge in [-0.05, 0) is 18.2 Å². The Morgan fingerprint density at radius 3 is 2.67 bits per heavy atom. The molecular formula is C9H9ClF2N2O. The molecule has 1 aromatic carbocycles. The number of ether oxygens (including phenoxy) is 1. The number of nitrogen functional groups attached to an aromatic ring is 1. The molecular weight excluding hydrogens is 226 g/mol. The molecule has 15 heavy (non-hydrogen) atoms. The number of halogens is 3. The van der Waals surface area contributed by atoms with E-state index in [1.54, 1.807) is 0 Å². The highest BCUT2D eigenvalue weighted by Crippen LogP contribution is 2.22. The Labute approximate surface area is 90.3 Å². The van der Waals surface area contributed by atoms with Gasteiger partial charge in [-0.2, -0.15) is 0 Å². The summed E-state index contributed by atoms with van der Waals surface area (Å²) >= 11 is 5.75. The van der Waals surface area contributed by atoms with Crippen molar-refractivity contribution >= 4 is 17.4 Å². The Bertz CT molecular complexity index is 371. The van der Waals surface area contributed by atoms with Crippen molar-refractivity contribution in [2.45, 2.75) is 6.43 Å². The Hall–Kier alpha value is -1.36. The summed E-state index contributed by atoms with van der Waals surface area (Å²) < 4.78 is 28.4. The Kier molecular flexibility index (Phi) is 3.85. The molecule has 0 radical (unpaired) electrons. The second-order valence-electron chi connectivity index (χ2n) is 2.76. The molecule has 0 fully saturated rings. The van der Waals surface area contributed by atoms with Crippen molar-refractivity contribution in [3.63, 3.8) is 0 Å². The minimum Gasteiger partial charge on any atom is -0.488 e. The maximum atomic E-state index is 11.8. The van der Waals surface area contributed by atoms with Crippen LogP contribution < -0.4 is 10.5 Å². The molecule has 3 N–H and O–H groups in total. The predicted octanol–water partition coefficient (Wildman–Crippen LogP) is 2.27. The van der Waals surface area contributed by atoms with Gasteiger partial charge in [-0.15, -0.1) is 0 Å². The van der Waals surface area contributed by atoms with Gasteiger partial charge < -0.3 is 10.5 Å². The van der Waals surface area contributed by atoms with Gasteiger partial charge in [0, 0.05) is 5.56 Å². The van der Waals surface area contributed by atoms with Gasteiger partial charge in [0.25, 0.3) is 6.43 Å². The predicted molar refractivity (Wildman–Crippen MR) is 54.0 cm³/mol. The number of alkyl halides is 2. The monoisotopic (exact) mass is 234 g/mol. The SMILES string of the molecule is N=C(N)c1ccc(OCC(F)F)cc1Cl. The van der Waals surface area contributed by atoms with E-state index in [-0.39, 0.29) is 16.6 Å². The van der Waals surface area contributed by atoms with E-state index >= 15 is 0 Å². The summed E-state index contributed by atoms with van der Waals surface area (Å²) in [5.41, 5.74) is 5.57. The second kappa shape index (κ2) is 4.93. The highest BCUT2D eigenvalue weighted by atomic mass is 35.5. The smallest absolute Gasteiger partial charge is 0.272 e. The maximum absolute atomic E-state index is 11.8. The Balaban J connectivity index is 2.78. The number of rotatable bonds is 4. The van der Waals surface area contributed by atoms with Gasteiger partial charge in [0.1, 0.15) is 18.2 Å². The fourth-order valence-electron chi connectivity index (χ4n) is 0.963. The molecule has 1 rings (SSSR count). The van der Waals surface area contributed by atoms with Crippen LogP contribution in [0.15, 0.2) is 18.2 Å². The number of benzene rings is 1. The van der Waals surface area contributed by atoms with Crippen LogP contribution in [0.1, 0.15) is 5.56 Å². The molecule has 0 aliphatic heterocycles. The number of hydrogen-bond acceptors (Lipinski definition) is 2. The normalized spacial score (nSPS) is 10.4. The lowest BCUT2D eigenvalue weighted by Crippen LogP contribution is -2.12. The van der Waals surface area contributed by atoms with Crippen LogP contribution in [0.5, 0.6) is 5.75 Å². The van der Waals surface area contributed by atoms with E-state index in [9.17, 15) is 8.78 Å². The summed E-state index contributed by atoms with van der Waals surface area (Å²) in [4.78, 5) is 0. The summed E-state index contributed by atoms with van der Waals surface area (Å²) in [5, 5.41) is 7.35. The molecule has 0 amide bonds. The molecule has 82 valence electrons. The molecule has 0 spiro atoms. The van der Waals surface area contributed by atoms with E-state index in [0.29, 0.717) is 5.56 Å². The maximum Gasteiger partial charge on any atom is 0.272 e. The number of hydrogen-bond donors (Lipinski definition) is 2. The standard InChI is InChI=1S/C9H9ClF2N2O/c10-7-3-5(15-4-8(11)12)1-2-6(7)9(13)14/h1-3,8H,4H2,(H3,13,14). The third-order valence-corrected chi connectivity index (χ3v) is 1.92. The summed E-state index contributed by atoms with van der Waals surface area (Å²) in [5.74, 6) is 0.0470. The summed E-state index contributed by atoms with van der Waals surface area (Å²) in [6.07, 6.45) is -2.53. The van der Waals surface area contributed by atoms with Crippen LogP contribution >= 0.6 is 11.6 Å². The fraction of sp³-hybridized carbons (Fsp3) is 0.222. The van der Waals surface area contributed by atoms with Crippen LogP contribution in [0, 0.1) is 5.41 Å². The van der Waals surface area contributed by atoms with Crippen molar-refractivity contribution in [2.24, 2.45) is 5.73 Å². The topological polar surface area (TPSA) is 59.1 Å². The molecule has 0 saturated heterocycles. The third-order valence-electron chi connectivity index (χ3n) is 1.61. The van der Waals surface area contributed by atoms with E-state index in [1.165, 1.54) is 18.2 Å². The fourth-order valence-corrected chi connectivity index (χ4v) is 1.24. The third kappa shape index (κ3) is 3.36. The van der Waals surface area contributed by atoms with Crippen molar-refractivity contribution in [2.75, 3.05) is 6.61 Å². The van der Waals surface area contributed by atoms with Gasteiger partial charge in [0.15, 0.2) is 0 Å². The van der Waals surface area contributed by atoms with Crippen LogP contribution in [-0.2, 0) is 0 Å². The van der Waals surface area contributed by atoms with Gasteiger partial charge in [-0.1, -0.05) is 11.6 Å². The molecule has 0 atom stereocenters. The minimum atomic E-state index is -2.53.